The van der Waals surface area contributed by atoms with Gasteiger partial charge in [-0.05, 0) is 44.9 Å². The van der Waals surface area contributed by atoms with Gasteiger partial charge in [-0.3, -0.25) is 14.4 Å². The van der Waals surface area contributed by atoms with E-state index in [2.05, 4.69) is 15.3 Å². The molecule has 2 N–H and O–H groups in total. The van der Waals surface area contributed by atoms with Crippen LogP contribution in [0.5, 0.6) is 0 Å². The number of hydrogen-bond donors (Lipinski definition) is 2. The summed E-state index contributed by atoms with van der Waals surface area (Å²) in [7, 11) is 0. The van der Waals surface area contributed by atoms with Crippen LogP contribution in [0.4, 0.5) is 5.69 Å². The molecule has 0 unspecified atom stereocenters. The Bertz CT molecular complexity index is 1130. The number of Topliss-reactive ketones (excluding diaryl/α,β-unsaturated/α-hetero) is 1. The molecule has 0 bridgehead atoms. The predicted octanol–water partition coefficient (Wildman–Crippen LogP) is 4.23. The second-order valence-corrected chi connectivity index (χ2v) is 8.76. The van der Waals surface area contributed by atoms with Crippen LogP contribution in [0.2, 0.25) is 0 Å². The first-order valence-electron chi connectivity index (χ1n) is 8.80. The summed E-state index contributed by atoms with van der Waals surface area (Å²) < 4.78 is 0. The van der Waals surface area contributed by atoms with Gasteiger partial charge in [-0.25, -0.2) is 4.98 Å². The average molecular weight is 416 g/mol. The number of fused-ring (bicyclic) bond motifs is 1. The molecule has 0 radical (unpaired) electrons. The van der Waals surface area contributed by atoms with Crippen molar-refractivity contribution in [2.45, 2.75) is 39.3 Å². The quantitative estimate of drug-likeness (QED) is 0.464. The number of nitrogens with zero attached hydrogens (tertiary/aromatic N) is 1. The number of hydrogen-bond acceptors (Lipinski definition) is 6. The number of H-pyrrole nitrogens is 1. The van der Waals surface area contributed by atoms with E-state index in [1.54, 1.807) is 6.92 Å². The average Bonchev–Trinajstić information content (AvgIpc) is 2.94. The van der Waals surface area contributed by atoms with Crippen molar-refractivity contribution in [3.05, 3.63) is 50.1 Å². The molecule has 6 nitrogen and oxygen atoms in total. The second kappa shape index (κ2) is 8.28. The Hall–Kier alpha value is -2.45. The molecular formula is C20H21N3O3S2. The summed E-state index contributed by atoms with van der Waals surface area (Å²) in [5.41, 5.74) is 3.20. The Morgan fingerprint density at radius 2 is 2.00 bits per heavy atom. The summed E-state index contributed by atoms with van der Waals surface area (Å²) in [4.78, 5) is 44.6. The summed E-state index contributed by atoms with van der Waals surface area (Å²) in [6.07, 6.45) is 0.416. The maximum absolute atomic E-state index is 12.8. The monoisotopic (exact) mass is 415 g/mol. The minimum absolute atomic E-state index is 0.0910. The molecule has 0 spiro atoms. The number of carbonyl (C=O) groups excluding carboxylic acids is 2. The fourth-order valence-electron chi connectivity index (χ4n) is 2.83. The number of aryl methyl sites for hydroxylation is 3. The molecule has 0 atom stereocenters. The van der Waals surface area contributed by atoms with Crippen LogP contribution in [0.15, 0.2) is 28.2 Å². The molecule has 0 aliphatic rings. The summed E-state index contributed by atoms with van der Waals surface area (Å²) >= 11 is 2.53. The van der Waals surface area contributed by atoms with E-state index >= 15 is 0 Å². The zero-order chi connectivity index (χ0) is 20.4. The highest BCUT2D eigenvalue weighted by Crippen LogP contribution is 2.29. The highest BCUT2D eigenvalue weighted by atomic mass is 32.2. The van der Waals surface area contributed by atoms with Crippen LogP contribution in [0.25, 0.3) is 10.2 Å². The number of amides is 1. The summed E-state index contributed by atoms with van der Waals surface area (Å²) in [6.45, 7) is 7.23. The van der Waals surface area contributed by atoms with Crippen LogP contribution in [0.1, 0.15) is 39.7 Å². The number of ketones is 1. The van der Waals surface area contributed by atoms with Crippen molar-refractivity contribution in [1.29, 1.82) is 0 Å². The molecule has 8 heteroatoms. The van der Waals surface area contributed by atoms with E-state index in [9.17, 15) is 14.4 Å². The zero-order valence-corrected chi connectivity index (χ0v) is 17.8. The second-order valence-electron chi connectivity index (χ2n) is 6.68. The van der Waals surface area contributed by atoms with Gasteiger partial charge in [0.05, 0.1) is 10.3 Å². The van der Waals surface area contributed by atoms with Gasteiger partial charge in [-0.15, -0.1) is 11.3 Å². The molecule has 1 aromatic carbocycles. The maximum atomic E-state index is 12.8. The van der Waals surface area contributed by atoms with Crippen LogP contribution in [-0.2, 0) is 4.79 Å². The fourth-order valence-corrected chi connectivity index (χ4v) is 4.87. The molecule has 146 valence electrons. The third-order valence-electron chi connectivity index (χ3n) is 4.31. The van der Waals surface area contributed by atoms with E-state index in [4.69, 9.17) is 0 Å². The molecule has 2 heterocycles. The van der Waals surface area contributed by atoms with Gasteiger partial charge in [0.1, 0.15) is 10.6 Å². The maximum Gasteiger partial charge on any atom is 0.266 e. The molecule has 0 saturated carbocycles. The number of benzene rings is 1. The van der Waals surface area contributed by atoms with Crippen molar-refractivity contribution >= 4 is 50.7 Å². The highest BCUT2D eigenvalue weighted by molar-refractivity contribution is 7.99. The summed E-state index contributed by atoms with van der Waals surface area (Å²) in [5.74, 6) is 0.389. The Labute approximate surface area is 170 Å². The largest absolute Gasteiger partial charge is 0.321 e. The topological polar surface area (TPSA) is 91.9 Å². The van der Waals surface area contributed by atoms with Crippen molar-refractivity contribution in [1.82, 2.24) is 9.97 Å². The minimum Gasteiger partial charge on any atom is -0.321 e. The molecule has 0 aliphatic heterocycles. The normalized spacial score (nSPS) is 11.0. The predicted molar refractivity (Wildman–Crippen MR) is 115 cm³/mol. The molecule has 3 rings (SSSR count). The van der Waals surface area contributed by atoms with Crippen LogP contribution in [-0.4, -0.2) is 27.4 Å². The van der Waals surface area contributed by atoms with Gasteiger partial charge < -0.3 is 10.3 Å². The zero-order valence-electron chi connectivity index (χ0n) is 16.1. The molecule has 0 fully saturated rings. The third kappa shape index (κ3) is 4.34. The minimum atomic E-state index is -0.269. The molecule has 2 aromatic heterocycles. The Kier molecular flexibility index (Phi) is 6.00. The molecule has 0 saturated heterocycles. The van der Waals surface area contributed by atoms with Gasteiger partial charge in [-0.2, -0.15) is 0 Å². The van der Waals surface area contributed by atoms with Gasteiger partial charge >= 0.3 is 0 Å². The molecule has 0 aliphatic carbocycles. The first-order valence-corrected chi connectivity index (χ1v) is 10.6. The van der Waals surface area contributed by atoms with Crippen LogP contribution in [0.3, 0.4) is 0 Å². The van der Waals surface area contributed by atoms with Crippen molar-refractivity contribution in [3.63, 3.8) is 0 Å². The van der Waals surface area contributed by atoms with Gasteiger partial charge in [0.15, 0.2) is 5.16 Å². The number of carbonyl (C=O) groups is 2. The summed E-state index contributed by atoms with van der Waals surface area (Å²) in [5, 5.41) is 3.82. The number of thiophene rings is 1. The van der Waals surface area contributed by atoms with E-state index < -0.39 is 0 Å². The SMILES string of the molecule is CC(=O)CCSc1nc2sc(C(=O)Nc3ccc(C)cc3C)c(C)c2c(=O)[nH]1. The molecular weight excluding hydrogens is 394 g/mol. The lowest BCUT2D eigenvalue weighted by Gasteiger charge is -2.08. The standard InChI is InChI=1S/C20H21N3O3S2/c1-10-5-6-14(11(2)9-10)21-18(26)16-13(4)15-17(25)22-20(23-19(15)28-16)27-8-7-12(3)24/h5-6,9H,7-8H2,1-4H3,(H,21,26)(H,22,23,25). The Balaban J connectivity index is 1.90. The van der Waals surface area contributed by atoms with Gasteiger partial charge in [-0.1, -0.05) is 29.5 Å². The van der Waals surface area contributed by atoms with Crippen molar-refractivity contribution in [2.75, 3.05) is 11.1 Å². The van der Waals surface area contributed by atoms with E-state index in [0.717, 1.165) is 16.8 Å². The third-order valence-corrected chi connectivity index (χ3v) is 6.37. The number of nitrogens with one attached hydrogen (secondary N) is 2. The number of aromatic amines is 1. The molecule has 1 amide bonds. The van der Waals surface area contributed by atoms with E-state index in [-0.39, 0.29) is 17.2 Å². The fraction of sp³-hybridized carbons (Fsp3) is 0.300. The van der Waals surface area contributed by atoms with Gasteiger partial charge in [0.25, 0.3) is 11.5 Å². The van der Waals surface area contributed by atoms with Crippen molar-refractivity contribution < 1.29 is 9.59 Å². The molecule has 3 aromatic rings. The lowest BCUT2D eigenvalue weighted by Crippen LogP contribution is -2.13. The van der Waals surface area contributed by atoms with Gasteiger partial charge in [0, 0.05) is 17.9 Å². The van der Waals surface area contributed by atoms with E-state index in [1.807, 2.05) is 32.0 Å². The lowest BCUT2D eigenvalue weighted by atomic mass is 10.1. The first-order chi connectivity index (χ1) is 13.3. The van der Waals surface area contributed by atoms with Crippen molar-refractivity contribution in [2.24, 2.45) is 0 Å². The number of aromatic nitrogens is 2. The number of thioether (sulfide) groups is 1. The Morgan fingerprint density at radius 1 is 1.25 bits per heavy atom. The number of rotatable bonds is 6. The van der Waals surface area contributed by atoms with Gasteiger partial charge in [0.2, 0.25) is 0 Å². The van der Waals surface area contributed by atoms with E-state index in [0.29, 0.717) is 38.0 Å². The smallest absolute Gasteiger partial charge is 0.266 e. The van der Waals surface area contributed by atoms with Crippen LogP contribution in [0, 0.1) is 20.8 Å². The highest BCUT2D eigenvalue weighted by Gasteiger charge is 2.20. The van der Waals surface area contributed by atoms with Crippen molar-refractivity contribution in [3.8, 4) is 0 Å². The van der Waals surface area contributed by atoms with E-state index in [1.165, 1.54) is 30.0 Å². The lowest BCUT2D eigenvalue weighted by molar-refractivity contribution is -0.116. The summed E-state index contributed by atoms with van der Waals surface area (Å²) in [6, 6.07) is 5.82. The molecule has 28 heavy (non-hydrogen) atoms. The van der Waals surface area contributed by atoms with Crippen LogP contribution >= 0.6 is 23.1 Å². The number of anilines is 1. The van der Waals surface area contributed by atoms with Crippen LogP contribution < -0.4 is 10.9 Å². The first kappa shape index (κ1) is 20.3. The Morgan fingerprint density at radius 3 is 2.68 bits per heavy atom.